The third-order valence-electron chi connectivity index (χ3n) is 4.29. The number of nitrogens with two attached hydrogens (primary N) is 1. The van der Waals surface area contributed by atoms with E-state index >= 15 is 0 Å². The van der Waals surface area contributed by atoms with Gasteiger partial charge < -0.3 is 5.32 Å². The molecule has 1 heterocycles. The normalized spacial score (nSPS) is 18.8. The number of nitrogens with zero attached hydrogens (tertiary/aromatic N) is 1. The van der Waals surface area contributed by atoms with E-state index in [0.717, 1.165) is 5.56 Å². The van der Waals surface area contributed by atoms with Gasteiger partial charge in [0.15, 0.2) is 0 Å². The Balaban J connectivity index is 1.90. The highest BCUT2D eigenvalue weighted by molar-refractivity contribution is 7.89. The minimum absolute atomic E-state index is 0.0352. The number of rotatable bonds is 8. The molecule has 1 atom stereocenters. The topological polar surface area (TPSA) is 127 Å². The van der Waals surface area contributed by atoms with Crippen molar-refractivity contribution in [1.82, 2.24) is 9.62 Å². The van der Waals surface area contributed by atoms with Crippen LogP contribution in [0.15, 0.2) is 29.2 Å². The van der Waals surface area contributed by atoms with Crippen LogP contribution in [0, 0.1) is 0 Å². The van der Waals surface area contributed by atoms with Gasteiger partial charge in [-0.05, 0) is 43.4 Å². The molecule has 1 fully saturated rings. The van der Waals surface area contributed by atoms with Crippen molar-refractivity contribution in [1.29, 1.82) is 0 Å². The summed E-state index contributed by atoms with van der Waals surface area (Å²) in [6.45, 7) is 2.52. The van der Waals surface area contributed by atoms with Crippen LogP contribution in [0.25, 0.3) is 0 Å². The van der Waals surface area contributed by atoms with Gasteiger partial charge in [0.2, 0.25) is 26.0 Å². The molecule has 1 aromatic rings. The molecule has 0 spiro atoms. The fraction of sp³-hybridized carbons (Fsp3) is 0.562. The van der Waals surface area contributed by atoms with Crippen molar-refractivity contribution in [3.63, 3.8) is 0 Å². The van der Waals surface area contributed by atoms with Gasteiger partial charge in [0.1, 0.15) is 6.04 Å². The van der Waals surface area contributed by atoms with Crippen LogP contribution in [0.2, 0.25) is 0 Å². The Kier molecular flexibility index (Phi) is 6.78. The number of amides is 1. The van der Waals surface area contributed by atoms with Crippen LogP contribution in [-0.4, -0.2) is 51.9 Å². The van der Waals surface area contributed by atoms with Crippen molar-refractivity contribution in [2.45, 2.75) is 43.5 Å². The first-order chi connectivity index (χ1) is 12.1. The minimum atomic E-state index is -3.72. The summed E-state index contributed by atoms with van der Waals surface area (Å²) in [5.41, 5.74) is 0.847. The van der Waals surface area contributed by atoms with Crippen LogP contribution >= 0.6 is 0 Å². The van der Waals surface area contributed by atoms with Gasteiger partial charge in [0, 0.05) is 13.1 Å². The van der Waals surface area contributed by atoms with E-state index in [0.29, 0.717) is 38.8 Å². The number of sulfonamides is 2. The molecule has 146 valence electrons. The van der Waals surface area contributed by atoms with E-state index in [2.05, 4.69) is 5.32 Å². The molecule has 0 saturated carbocycles. The maximum atomic E-state index is 12.4. The Morgan fingerprint density at radius 2 is 1.88 bits per heavy atom. The lowest BCUT2D eigenvalue weighted by Crippen LogP contribution is -2.46. The van der Waals surface area contributed by atoms with Crippen LogP contribution in [0.3, 0.4) is 0 Å². The third kappa shape index (κ3) is 5.26. The Labute approximate surface area is 154 Å². The molecule has 1 aliphatic heterocycles. The summed E-state index contributed by atoms with van der Waals surface area (Å²) in [4.78, 5) is 12.4. The summed E-state index contributed by atoms with van der Waals surface area (Å²) in [6.07, 6.45) is 2.22. The predicted molar refractivity (Wildman–Crippen MR) is 98.3 cm³/mol. The smallest absolute Gasteiger partial charge is 0.238 e. The van der Waals surface area contributed by atoms with Crippen molar-refractivity contribution in [2.75, 3.05) is 18.8 Å². The van der Waals surface area contributed by atoms with Crippen molar-refractivity contribution >= 4 is 26.0 Å². The molecule has 1 aliphatic rings. The molecule has 1 amide bonds. The summed E-state index contributed by atoms with van der Waals surface area (Å²) in [7, 11) is -7.12. The van der Waals surface area contributed by atoms with Crippen molar-refractivity contribution in [2.24, 2.45) is 5.14 Å². The first kappa shape index (κ1) is 20.8. The van der Waals surface area contributed by atoms with E-state index in [4.69, 9.17) is 5.14 Å². The molecule has 0 radical (unpaired) electrons. The highest BCUT2D eigenvalue weighted by Crippen LogP contribution is 2.22. The second-order valence-electron chi connectivity index (χ2n) is 6.31. The molecule has 10 heteroatoms. The quantitative estimate of drug-likeness (QED) is 0.641. The van der Waals surface area contributed by atoms with Crippen LogP contribution in [0.1, 0.15) is 31.7 Å². The first-order valence-corrected chi connectivity index (χ1v) is 11.7. The number of nitrogens with one attached hydrogen (secondary N) is 1. The number of hydrogen-bond acceptors (Lipinski definition) is 5. The molecule has 1 saturated heterocycles. The van der Waals surface area contributed by atoms with Gasteiger partial charge >= 0.3 is 0 Å². The van der Waals surface area contributed by atoms with E-state index < -0.39 is 26.1 Å². The standard InChI is InChI=1S/C16H25N3O5S2/c1-2-12-25(21,22)19-11-3-4-15(19)16(20)18-10-9-13-5-7-14(8-6-13)26(17,23)24/h5-8,15H,2-4,9-12H2,1H3,(H,18,20)(H2,17,23,24). The van der Waals surface area contributed by atoms with Crippen LogP contribution in [0.4, 0.5) is 0 Å². The molecule has 1 aromatic carbocycles. The van der Waals surface area contributed by atoms with Crippen LogP contribution in [0.5, 0.6) is 0 Å². The molecule has 26 heavy (non-hydrogen) atoms. The molecule has 2 rings (SSSR count). The van der Waals surface area contributed by atoms with E-state index in [-0.39, 0.29) is 16.6 Å². The molecule has 1 unspecified atom stereocenters. The summed E-state index contributed by atoms with van der Waals surface area (Å²) >= 11 is 0. The molecular weight excluding hydrogens is 378 g/mol. The Morgan fingerprint density at radius 3 is 2.46 bits per heavy atom. The lowest BCUT2D eigenvalue weighted by atomic mass is 10.1. The predicted octanol–water partition coefficient (Wildman–Crippen LogP) is 0.197. The Hall–Kier alpha value is -1.49. The number of primary sulfonamides is 1. The highest BCUT2D eigenvalue weighted by atomic mass is 32.2. The van der Waals surface area contributed by atoms with Crippen molar-refractivity contribution < 1.29 is 21.6 Å². The van der Waals surface area contributed by atoms with Gasteiger partial charge in [-0.1, -0.05) is 19.1 Å². The SMILES string of the molecule is CCCS(=O)(=O)N1CCCC1C(=O)NCCc1ccc(S(N)(=O)=O)cc1. The summed E-state index contributed by atoms with van der Waals surface area (Å²) in [5.74, 6) is -0.240. The summed E-state index contributed by atoms with van der Waals surface area (Å²) in [5, 5.41) is 7.82. The minimum Gasteiger partial charge on any atom is -0.354 e. The number of benzene rings is 1. The maximum Gasteiger partial charge on any atom is 0.238 e. The average Bonchev–Trinajstić information content (AvgIpc) is 3.05. The summed E-state index contributed by atoms with van der Waals surface area (Å²) < 4.78 is 48.2. The number of hydrogen-bond donors (Lipinski definition) is 2. The molecule has 3 N–H and O–H groups in total. The maximum absolute atomic E-state index is 12.4. The number of carbonyl (C=O) groups excluding carboxylic acids is 1. The fourth-order valence-corrected chi connectivity index (χ4v) is 5.27. The van der Waals surface area contributed by atoms with Gasteiger partial charge in [0.05, 0.1) is 10.6 Å². The molecular formula is C16H25N3O5S2. The van der Waals surface area contributed by atoms with Gasteiger partial charge in [-0.25, -0.2) is 22.0 Å². The first-order valence-electron chi connectivity index (χ1n) is 8.54. The van der Waals surface area contributed by atoms with Gasteiger partial charge in [-0.3, -0.25) is 4.79 Å². The van der Waals surface area contributed by atoms with Gasteiger partial charge in [-0.2, -0.15) is 4.31 Å². The van der Waals surface area contributed by atoms with Gasteiger partial charge in [0.25, 0.3) is 0 Å². The monoisotopic (exact) mass is 403 g/mol. The molecule has 0 aliphatic carbocycles. The van der Waals surface area contributed by atoms with Crippen LogP contribution in [-0.2, 0) is 31.3 Å². The average molecular weight is 404 g/mol. The summed E-state index contributed by atoms with van der Waals surface area (Å²) in [6, 6.07) is 5.47. The highest BCUT2D eigenvalue weighted by Gasteiger charge is 2.37. The third-order valence-corrected chi connectivity index (χ3v) is 7.30. The van der Waals surface area contributed by atoms with E-state index in [1.807, 2.05) is 0 Å². The Morgan fingerprint density at radius 1 is 1.23 bits per heavy atom. The van der Waals surface area contributed by atoms with E-state index in [1.54, 1.807) is 19.1 Å². The fourth-order valence-electron chi connectivity index (χ4n) is 3.00. The zero-order chi connectivity index (χ0) is 19.4. The zero-order valence-electron chi connectivity index (χ0n) is 14.7. The Bertz CT molecular complexity index is 835. The second-order valence-corrected chi connectivity index (χ2v) is 9.92. The molecule has 8 nitrogen and oxygen atoms in total. The lowest BCUT2D eigenvalue weighted by molar-refractivity contribution is -0.124. The zero-order valence-corrected chi connectivity index (χ0v) is 16.4. The van der Waals surface area contributed by atoms with Gasteiger partial charge in [-0.15, -0.1) is 0 Å². The van der Waals surface area contributed by atoms with Crippen LogP contribution < -0.4 is 10.5 Å². The lowest BCUT2D eigenvalue weighted by Gasteiger charge is -2.23. The van der Waals surface area contributed by atoms with Crippen molar-refractivity contribution in [3.05, 3.63) is 29.8 Å². The van der Waals surface area contributed by atoms with E-state index in [1.165, 1.54) is 16.4 Å². The largest absolute Gasteiger partial charge is 0.354 e. The molecule has 0 bridgehead atoms. The second kappa shape index (κ2) is 8.47. The van der Waals surface area contributed by atoms with E-state index in [9.17, 15) is 21.6 Å². The van der Waals surface area contributed by atoms with Crippen molar-refractivity contribution in [3.8, 4) is 0 Å². The number of carbonyl (C=O) groups is 1. The molecule has 0 aromatic heterocycles.